The third kappa shape index (κ3) is 6.64. The molecule has 0 spiro atoms. The Kier molecular flexibility index (Phi) is 9.83. The van der Waals surface area contributed by atoms with Gasteiger partial charge in [-0.3, -0.25) is 9.59 Å². The molecule has 3 atom stereocenters. The number of ether oxygens (including phenoxy) is 3. The van der Waals surface area contributed by atoms with Gasteiger partial charge < -0.3 is 39.3 Å². The zero-order valence-electron chi connectivity index (χ0n) is 24.8. The number of aliphatic hydroxyl groups is 1. The number of nitrogens with one attached hydrogen (secondary N) is 2. The first-order valence-corrected chi connectivity index (χ1v) is 13.7. The van der Waals surface area contributed by atoms with Crippen LogP contribution in [0.4, 0.5) is 0 Å². The maximum absolute atomic E-state index is 13.3. The molecule has 0 saturated carbocycles. The first-order valence-electron chi connectivity index (χ1n) is 13.7. The fraction of sp³-hybridized carbons (Fsp3) is 0.714. The summed E-state index contributed by atoms with van der Waals surface area (Å²) in [4.78, 5) is 26.5. The topological polar surface area (TPSA) is 125 Å². The van der Waals surface area contributed by atoms with Crippen LogP contribution in [0.2, 0.25) is 0 Å². The third-order valence-electron chi connectivity index (χ3n) is 8.07. The van der Waals surface area contributed by atoms with Gasteiger partial charge in [0.2, 0.25) is 17.6 Å². The maximum atomic E-state index is 13.3. The molecule has 1 aliphatic heterocycles. The molecule has 0 radical (unpaired) electrons. The molecule has 1 fully saturated rings. The van der Waals surface area contributed by atoms with Crippen LogP contribution in [-0.2, 0) is 31.7 Å². The highest BCUT2D eigenvalue weighted by molar-refractivity contribution is 6.48. The quantitative estimate of drug-likeness (QED) is 0.361. The van der Waals surface area contributed by atoms with Crippen LogP contribution in [0.15, 0.2) is 6.07 Å². The molecule has 3 rings (SSSR count). The second kappa shape index (κ2) is 12.3. The Hall–Kier alpha value is -2.50. The van der Waals surface area contributed by atoms with Gasteiger partial charge >= 0.3 is 7.12 Å². The van der Waals surface area contributed by atoms with Crippen LogP contribution in [0.3, 0.4) is 0 Å². The van der Waals surface area contributed by atoms with E-state index in [4.69, 9.17) is 23.5 Å². The molecule has 39 heavy (non-hydrogen) atoms. The molecule has 218 valence electrons. The van der Waals surface area contributed by atoms with Gasteiger partial charge in [0, 0.05) is 11.5 Å². The molecule has 1 aromatic rings. The summed E-state index contributed by atoms with van der Waals surface area (Å²) >= 11 is 0. The van der Waals surface area contributed by atoms with Crippen LogP contribution in [0.1, 0.15) is 65.5 Å². The Morgan fingerprint density at radius 1 is 1.05 bits per heavy atom. The molecular formula is C28H45BN2O8. The maximum Gasteiger partial charge on any atom is 0.481 e. The molecule has 2 aliphatic rings. The first-order chi connectivity index (χ1) is 18.3. The number of rotatable bonds is 11. The summed E-state index contributed by atoms with van der Waals surface area (Å²) in [5, 5.41) is 15.8. The van der Waals surface area contributed by atoms with E-state index in [1.54, 1.807) is 21.3 Å². The number of methoxy groups -OCH3 is 3. The smallest absolute Gasteiger partial charge is 0.481 e. The van der Waals surface area contributed by atoms with Gasteiger partial charge in [-0.1, -0.05) is 13.8 Å². The number of amides is 2. The lowest BCUT2D eigenvalue weighted by Crippen LogP contribution is -2.56. The average molecular weight is 548 g/mol. The summed E-state index contributed by atoms with van der Waals surface area (Å²) in [6.45, 7) is 11.4. The van der Waals surface area contributed by atoms with E-state index >= 15 is 0 Å². The SMILES string of the molecule is COc1cc2c(c(OC)c1OC)CCC(C(=O)N[C@@H](CO)C(=O)NC(CC(C)C)B1OC(C)(C)C(C)(C)O1)C2. The molecule has 0 aromatic heterocycles. The zero-order chi connectivity index (χ0) is 29.1. The first kappa shape index (κ1) is 31.0. The standard InChI is InChI=1S/C28H45BN2O8/c1-16(2)12-22(29-38-27(3,4)28(5,6)39-29)31-26(34)20(15-32)30-25(33)17-10-11-19-18(13-17)14-21(35-7)24(37-9)23(19)36-8/h14,16-17,20,22,32H,10-13,15H2,1-9H3,(H,30,33)(H,31,34)/t17?,20-,22?/m0/s1. The van der Waals surface area contributed by atoms with E-state index in [1.807, 2.05) is 33.8 Å². The number of benzene rings is 1. The van der Waals surface area contributed by atoms with Crippen molar-refractivity contribution >= 4 is 18.9 Å². The highest BCUT2D eigenvalue weighted by atomic mass is 16.7. The van der Waals surface area contributed by atoms with Crippen molar-refractivity contribution in [2.45, 2.75) is 90.4 Å². The number of fused-ring (bicyclic) bond motifs is 1. The van der Waals surface area contributed by atoms with Crippen molar-refractivity contribution in [3.63, 3.8) is 0 Å². The third-order valence-corrected chi connectivity index (χ3v) is 8.07. The summed E-state index contributed by atoms with van der Waals surface area (Å²) in [7, 11) is 4.05. The molecule has 2 amide bonds. The van der Waals surface area contributed by atoms with Crippen molar-refractivity contribution in [2.24, 2.45) is 11.8 Å². The number of hydrogen-bond acceptors (Lipinski definition) is 8. The molecule has 1 heterocycles. The highest BCUT2D eigenvalue weighted by Crippen LogP contribution is 2.45. The average Bonchev–Trinajstić information content (AvgIpc) is 3.10. The molecule has 10 nitrogen and oxygen atoms in total. The van der Waals surface area contributed by atoms with Crippen LogP contribution in [-0.4, -0.2) is 75.2 Å². The van der Waals surface area contributed by atoms with Crippen LogP contribution >= 0.6 is 0 Å². The van der Waals surface area contributed by atoms with E-state index in [-0.39, 0.29) is 17.7 Å². The second-order valence-electron chi connectivity index (χ2n) is 11.8. The molecule has 0 bridgehead atoms. The lowest BCUT2D eigenvalue weighted by atomic mass is 9.74. The Morgan fingerprint density at radius 3 is 2.18 bits per heavy atom. The normalized spacial score (nSPS) is 21.1. The molecule has 1 saturated heterocycles. The molecular weight excluding hydrogens is 503 g/mol. The minimum atomic E-state index is -1.10. The van der Waals surface area contributed by atoms with Gasteiger partial charge in [0.25, 0.3) is 0 Å². The van der Waals surface area contributed by atoms with E-state index in [2.05, 4.69) is 24.5 Å². The summed E-state index contributed by atoms with van der Waals surface area (Å²) < 4.78 is 28.9. The van der Waals surface area contributed by atoms with Crippen LogP contribution < -0.4 is 24.8 Å². The van der Waals surface area contributed by atoms with Gasteiger partial charge in [-0.2, -0.15) is 0 Å². The van der Waals surface area contributed by atoms with Crippen LogP contribution in [0.25, 0.3) is 0 Å². The molecule has 3 N–H and O–H groups in total. The number of hydrogen-bond donors (Lipinski definition) is 3. The largest absolute Gasteiger partial charge is 0.493 e. The summed E-state index contributed by atoms with van der Waals surface area (Å²) in [5.74, 6) is 0.328. The van der Waals surface area contributed by atoms with Crippen molar-refractivity contribution in [1.29, 1.82) is 0 Å². The Balaban J connectivity index is 1.71. The van der Waals surface area contributed by atoms with Gasteiger partial charge in [-0.05, 0) is 70.9 Å². The Bertz CT molecular complexity index is 1030. The summed E-state index contributed by atoms with van der Waals surface area (Å²) in [6, 6.07) is 0.768. The zero-order valence-corrected chi connectivity index (χ0v) is 24.8. The van der Waals surface area contributed by atoms with Gasteiger partial charge in [-0.15, -0.1) is 0 Å². The van der Waals surface area contributed by atoms with Crippen molar-refractivity contribution in [1.82, 2.24) is 10.6 Å². The van der Waals surface area contributed by atoms with Gasteiger partial charge in [0.1, 0.15) is 6.04 Å². The minimum Gasteiger partial charge on any atom is -0.493 e. The van der Waals surface area contributed by atoms with E-state index in [9.17, 15) is 14.7 Å². The lowest BCUT2D eigenvalue weighted by molar-refractivity contribution is -0.132. The molecule has 1 aliphatic carbocycles. The predicted molar refractivity (Wildman–Crippen MR) is 148 cm³/mol. The van der Waals surface area contributed by atoms with Crippen LogP contribution in [0, 0.1) is 11.8 Å². The van der Waals surface area contributed by atoms with Crippen LogP contribution in [0.5, 0.6) is 17.2 Å². The van der Waals surface area contributed by atoms with Crippen molar-refractivity contribution < 1.29 is 38.2 Å². The lowest BCUT2D eigenvalue weighted by Gasteiger charge is -2.32. The number of aliphatic hydroxyl groups excluding tert-OH is 1. The minimum absolute atomic E-state index is 0.256. The van der Waals surface area contributed by atoms with E-state index in [1.165, 1.54) is 0 Å². The van der Waals surface area contributed by atoms with Gasteiger partial charge in [-0.25, -0.2) is 0 Å². The van der Waals surface area contributed by atoms with Gasteiger partial charge in [0.15, 0.2) is 11.5 Å². The van der Waals surface area contributed by atoms with Crippen molar-refractivity contribution in [3.8, 4) is 17.2 Å². The van der Waals surface area contributed by atoms with E-state index < -0.39 is 42.8 Å². The van der Waals surface area contributed by atoms with E-state index in [0.29, 0.717) is 42.9 Å². The monoisotopic (exact) mass is 548 g/mol. The Labute approximate surface area is 232 Å². The molecule has 2 unspecified atom stereocenters. The summed E-state index contributed by atoms with van der Waals surface area (Å²) in [5.41, 5.74) is 0.817. The van der Waals surface area contributed by atoms with Crippen molar-refractivity contribution in [2.75, 3.05) is 27.9 Å². The van der Waals surface area contributed by atoms with E-state index in [0.717, 1.165) is 11.1 Å². The molecule has 1 aromatic carbocycles. The Morgan fingerprint density at radius 2 is 1.67 bits per heavy atom. The second-order valence-corrected chi connectivity index (χ2v) is 11.8. The van der Waals surface area contributed by atoms with Gasteiger partial charge in [0.05, 0.1) is 45.1 Å². The number of carbonyl (C=O) groups is 2. The fourth-order valence-electron chi connectivity index (χ4n) is 5.20. The number of carbonyl (C=O) groups excluding carboxylic acids is 2. The molecule has 11 heteroatoms. The van der Waals surface area contributed by atoms with Crippen molar-refractivity contribution in [3.05, 3.63) is 17.2 Å². The summed E-state index contributed by atoms with van der Waals surface area (Å²) in [6.07, 6.45) is 2.22. The fourth-order valence-corrected chi connectivity index (χ4v) is 5.20. The predicted octanol–water partition coefficient (Wildman–Crippen LogP) is 2.46. The highest BCUT2D eigenvalue weighted by Gasteiger charge is 2.54.